The number of anilines is 1. The molecular formula is C7H9ClN2O. The number of nitrogen functional groups attached to an aromatic ring is 1. The Morgan fingerprint density at radius 3 is 2.82 bits per heavy atom. The first kappa shape index (κ1) is 8.14. The Labute approximate surface area is 70.1 Å². The molecule has 1 aromatic heterocycles. The Morgan fingerprint density at radius 2 is 2.27 bits per heavy atom. The fourth-order valence-corrected chi connectivity index (χ4v) is 0.953. The Morgan fingerprint density at radius 1 is 1.64 bits per heavy atom. The molecule has 0 saturated heterocycles. The van der Waals surface area contributed by atoms with Crippen LogP contribution in [0.5, 0.6) is 5.88 Å². The number of methoxy groups -OCH3 is 1. The van der Waals surface area contributed by atoms with E-state index in [1.54, 1.807) is 13.0 Å². The van der Waals surface area contributed by atoms with Crippen LogP contribution >= 0.6 is 11.6 Å². The lowest BCUT2D eigenvalue weighted by atomic mass is 10.3. The fraction of sp³-hybridized carbons (Fsp3) is 0.286. The summed E-state index contributed by atoms with van der Waals surface area (Å²) in [7, 11) is 1.52. The van der Waals surface area contributed by atoms with Crippen LogP contribution in [0.15, 0.2) is 6.07 Å². The lowest BCUT2D eigenvalue weighted by Gasteiger charge is -2.04. The second kappa shape index (κ2) is 2.96. The number of hydrogen-bond acceptors (Lipinski definition) is 3. The van der Waals surface area contributed by atoms with Crippen molar-refractivity contribution in [2.75, 3.05) is 12.8 Å². The van der Waals surface area contributed by atoms with Gasteiger partial charge in [-0.1, -0.05) is 11.6 Å². The smallest absolute Gasteiger partial charge is 0.232 e. The van der Waals surface area contributed by atoms with Gasteiger partial charge in [-0.25, -0.2) is 4.98 Å². The second-order valence-corrected chi connectivity index (χ2v) is 2.56. The highest BCUT2D eigenvalue weighted by Crippen LogP contribution is 2.25. The summed E-state index contributed by atoms with van der Waals surface area (Å²) in [5, 5.41) is 0.440. The zero-order valence-corrected chi connectivity index (χ0v) is 7.14. The summed E-state index contributed by atoms with van der Waals surface area (Å²) in [6.45, 7) is 1.80. The maximum Gasteiger partial charge on any atom is 0.232 e. The van der Waals surface area contributed by atoms with E-state index in [2.05, 4.69) is 4.98 Å². The number of nitrogens with two attached hydrogens (primary N) is 1. The average molecular weight is 173 g/mol. The standard InChI is InChI=1S/C7H9ClN2O/c1-4-6(9)3-5(8)7(10-4)11-2/h3H,9H2,1-2H3. The monoisotopic (exact) mass is 172 g/mol. The van der Waals surface area contributed by atoms with E-state index >= 15 is 0 Å². The molecule has 1 heterocycles. The van der Waals surface area contributed by atoms with Gasteiger partial charge in [-0.15, -0.1) is 0 Å². The Hall–Kier alpha value is -0.960. The number of rotatable bonds is 1. The minimum Gasteiger partial charge on any atom is -0.480 e. The highest BCUT2D eigenvalue weighted by Gasteiger charge is 2.04. The molecule has 0 radical (unpaired) electrons. The number of halogens is 1. The van der Waals surface area contributed by atoms with E-state index in [0.29, 0.717) is 16.6 Å². The van der Waals surface area contributed by atoms with Gasteiger partial charge < -0.3 is 10.5 Å². The van der Waals surface area contributed by atoms with Crippen LogP contribution in [0.25, 0.3) is 0 Å². The molecule has 0 bridgehead atoms. The molecule has 3 nitrogen and oxygen atoms in total. The molecule has 60 valence electrons. The zero-order chi connectivity index (χ0) is 8.43. The van der Waals surface area contributed by atoms with Gasteiger partial charge in [0, 0.05) is 0 Å². The van der Waals surface area contributed by atoms with Crippen molar-refractivity contribution in [3.8, 4) is 5.88 Å². The van der Waals surface area contributed by atoms with Crippen LogP contribution in [-0.4, -0.2) is 12.1 Å². The van der Waals surface area contributed by atoms with Crippen molar-refractivity contribution in [2.24, 2.45) is 0 Å². The van der Waals surface area contributed by atoms with Gasteiger partial charge in [0.1, 0.15) is 5.02 Å². The summed E-state index contributed by atoms with van der Waals surface area (Å²) in [5.74, 6) is 0.415. The van der Waals surface area contributed by atoms with E-state index in [4.69, 9.17) is 22.1 Å². The molecule has 0 unspecified atom stereocenters. The molecule has 0 aliphatic heterocycles. The maximum atomic E-state index is 5.73. The summed E-state index contributed by atoms with van der Waals surface area (Å²) in [6.07, 6.45) is 0. The first-order valence-electron chi connectivity index (χ1n) is 3.11. The fourth-order valence-electron chi connectivity index (χ4n) is 0.716. The summed E-state index contributed by atoms with van der Waals surface area (Å²) >= 11 is 5.73. The van der Waals surface area contributed by atoms with Gasteiger partial charge in [-0.05, 0) is 13.0 Å². The van der Waals surface area contributed by atoms with Crippen LogP contribution in [-0.2, 0) is 0 Å². The third kappa shape index (κ3) is 1.54. The molecule has 11 heavy (non-hydrogen) atoms. The molecule has 0 atom stereocenters. The second-order valence-electron chi connectivity index (χ2n) is 2.15. The number of nitrogens with zero attached hydrogens (tertiary/aromatic N) is 1. The number of aryl methyl sites for hydroxylation is 1. The number of pyridine rings is 1. The molecule has 0 fully saturated rings. The summed E-state index contributed by atoms with van der Waals surface area (Å²) in [6, 6.07) is 1.63. The molecule has 0 aromatic carbocycles. The summed E-state index contributed by atoms with van der Waals surface area (Å²) in [4.78, 5) is 4.01. The van der Waals surface area contributed by atoms with E-state index in [-0.39, 0.29) is 0 Å². The van der Waals surface area contributed by atoms with E-state index in [9.17, 15) is 0 Å². The van der Waals surface area contributed by atoms with Gasteiger partial charge in [0.25, 0.3) is 0 Å². The molecule has 1 aromatic rings. The van der Waals surface area contributed by atoms with Crippen LogP contribution in [0.1, 0.15) is 5.69 Å². The Bertz CT molecular complexity index is 275. The van der Waals surface area contributed by atoms with Crippen molar-refractivity contribution in [3.63, 3.8) is 0 Å². The summed E-state index contributed by atoms with van der Waals surface area (Å²) < 4.78 is 4.88. The van der Waals surface area contributed by atoms with Crippen LogP contribution < -0.4 is 10.5 Å². The third-order valence-corrected chi connectivity index (χ3v) is 1.64. The molecule has 0 aliphatic rings. The van der Waals surface area contributed by atoms with Crippen LogP contribution in [0.4, 0.5) is 5.69 Å². The van der Waals surface area contributed by atoms with Gasteiger partial charge in [0.15, 0.2) is 0 Å². The minimum absolute atomic E-state index is 0.415. The quantitative estimate of drug-likeness (QED) is 0.701. The highest BCUT2D eigenvalue weighted by atomic mass is 35.5. The van der Waals surface area contributed by atoms with Gasteiger partial charge in [-0.3, -0.25) is 0 Å². The highest BCUT2D eigenvalue weighted by molar-refractivity contribution is 6.32. The molecule has 0 amide bonds. The topological polar surface area (TPSA) is 48.1 Å². The normalized spacial score (nSPS) is 9.73. The van der Waals surface area contributed by atoms with E-state index in [0.717, 1.165) is 5.69 Å². The van der Waals surface area contributed by atoms with Crippen molar-refractivity contribution in [1.29, 1.82) is 0 Å². The van der Waals surface area contributed by atoms with E-state index < -0.39 is 0 Å². The van der Waals surface area contributed by atoms with Crippen molar-refractivity contribution >= 4 is 17.3 Å². The zero-order valence-electron chi connectivity index (χ0n) is 6.39. The minimum atomic E-state index is 0.415. The SMILES string of the molecule is COc1nc(C)c(N)cc1Cl. The number of ether oxygens (including phenoxy) is 1. The van der Waals surface area contributed by atoms with Gasteiger partial charge in [0.05, 0.1) is 18.5 Å². The third-order valence-electron chi connectivity index (χ3n) is 1.37. The van der Waals surface area contributed by atoms with Gasteiger partial charge in [0.2, 0.25) is 5.88 Å². The van der Waals surface area contributed by atoms with Crippen molar-refractivity contribution in [1.82, 2.24) is 4.98 Å². The summed E-state index contributed by atoms with van der Waals surface area (Å²) in [5.41, 5.74) is 6.85. The molecular weight excluding hydrogens is 164 g/mol. The Balaban J connectivity index is 3.21. The van der Waals surface area contributed by atoms with Gasteiger partial charge in [-0.2, -0.15) is 0 Å². The first-order chi connectivity index (χ1) is 5.15. The largest absolute Gasteiger partial charge is 0.480 e. The molecule has 1 rings (SSSR count). The average Bonchev–Trinajstić information content (AvgIpc) is 1.97. The number of aromatic nitrogens is 1. The van der Waals surface area contributed by atoms with Crippen molar-refractivity contribution in [2.45, 2.75) is 6.92 Å². The molecule has 4 heteroatoms. The predicted molar refractivity (Wildman–Crippen MR) is 44.9 cm³/mol. The van der Waals surface area contributed by atoms with Gasteiger partial charge >= 0.3 is 0 Å². The van der Waals surface area contributed by atoms with E-state index in [1.807, 2.05) is 0 Å². The lowest BCUT2D eigenvalue weighted by Crippen LogP contribution is -1.96. The maximum absolute atomic E-state index is 5.73. The van der Waals surface area contributed by atoms with E-state index in [1.165, 1.54) is 7.11 Å². The Kier molecular flexibility index (Phi) is 2.19. The first-order valence-corrected chi connectivity index (χ1v) is 3.49. The molecule has 0 saturated carbocycles. The lowest BCUT2D eigenvalue weighted by molar-refractivity contribution is 0.397. The van der Waals surface area contributed by atoms with Crippen molar-refractivity contribution in [3.05, 3.63) is 16.8 Å². The molecule has 0 aliphatic carbocycles. The molecule has 0 spiro atoms. The predicted octanol–water partition coefficient (Wildman–Crippen LogP) is 1.63. The van der Waals surface area contributed by atoms with Crippen molar-refractivity contribution < 1.29 is 4.74 Å². The van der Waals surface area contributed by atoms with Crippen LogP contribution in [0, 0.1) is 6.92 Å². The molecule has 2 N–H and O–H groups in total. The van der Waals surface area contributed by atoms with Crippen LogP contribution in [0.3, 0.4) is 0 Å². The van der Waals surface area contributed by atoms with Crippen LogP contribution in [0.2, 0.25) is 5.02 Å². The number of hydrogen-bond donors (Lipinski definition) is 1.